The van der Waals surface area contributed by atoms with Gasteiger partial charge in [0, 0.05) is 19.2 Å². The lowest BCUT2D eigenvalue weighted by Crippen LogP contribution is -2.35. The van der Waals surface area contributed by atoms with Crippen LogP contribution in [-0.2, 0) is 14.3 Å². The molecule has 0 unspecified atom stereocenters. The van der Waals surface area contributed by atoms with E-state index in [0.29, 0.717) is 12.5 Å². The molecule has 0 aromatic carbocycles. The van der Waals surface area contributed by atoms with Gasteiger partial charge in [0.05, 0.1) is 19.6 Å². The third-order valence-corrected chi connectivity index (χ3v) is 2.42. The first-order valence-corrected chi connectivity index (χ1v) is 5.14. The van der Waals surface area contributed by atoms with Crippen molar-refractivity contribution in [2.75, 3.05) is 20.3 Å². The van der Waals surface area contributed by atoms with Crippen molar-refractivity contribution in [1.82, 2.24) is 5.32 Å². The van der Waals surface area contributed by atoms with Gasteiger partial charge < -0.3 is 14.8 Å². The maximum atomic E-state index is 10.9. The highest BCUT2D eigenvalue weighted by Gasteiger charge is 2.16. The Morgan fingerprint density at radius 3 is 3.07 bits per heavy atom. The second-order valence-electron chi connectivity index (χ2n) is 3.72. The summed E-state index contributed by atoms with van der Waals surface area (Å²) in [6, 6.07) is 0.159. The Balaban J connectivity index is 2.07. The van der Waals surface area contributed by atoms with E-state index in [-0.39, 0.29) is 12.0 Å². The molecule has 1 aliphatic rings. The highest BCUT2D eigenvalue weighted by molar-refractivity contribution is 5.69. The van der Waals surface area contributed by atoms with Crippen molar-refractivity contribution in [1.29, 1.82) is 0 Å². The Hall–Kier alpha value is -0.610. The second-order valence-corrected chi connectivity index (χ2v) is 3.72. The molecule has 1 heterocycles. The average Bonchev–Trinajstić information content (AvgIpc) is 2.67. The molecule has 1 fully saturated rings. The summed E-state index contributed by atoms with van der Waals surface area (Å²) in [5.74, 6) is -0.169. The first kappa shape index (κ1) is 11.5. The van der Waals surface area contributed by atoms with Crippen molar-refractivity contribution in [3.63, 3.8) is 0 Å². The van der Waals surface area contributed by atoms with Crippen LogP contribution in [0.25, 0.3) is 0 Å². The monoisotopic (exact) mass is 201 g/mol. The van der Waals surface area contributed by atoms with Gasteiger partial charge in [-0.2, -0.15) is 0 Å². The van der Waals surface area contributed by atoms with Crippen molar-refractivity contribution in [3.05, 3.63) is 0 Å². The molecule has 1 saturated heterocycles. The predicted octanol–water partition coefficient (Wildman–Crippen LogP) is 0.707. The molecule has 4 heteroatoms. The molecule has 0 amide bonds. The molecule has 14 heavy (non-hydrogen) atoms. The molecule has 0 spiro atoms. The van der Waals surface area contributed by atoms with Gasteiger partial charge in [0.2, 0.25) is 0 Å². The van der Waals surface area contributed by atoms with Crippen LogP contribution in [0.4, 0.5) is 0 Å². The van der Waals surface area contributed by atoms with Crippen LogP contribution in [0.3, 0.4) is 0 Å². The number of hydrogen-bond acceptors (Lipinski definition) is 4. The number of methoxy groups -OCH3 is 1. The zero-order chi connectivity index (χ0) is 10.4. The van der Waals surface area contributed by atoms with E-state index in [1.165, 1.54) is 7.11 Å². The van der Waals surface area contributed by atoms with E-state index in [1.54, 1.807) is 0 Å². The number of carbonyl (C=O) groups excluding carboxylic acids is 1. The minimum absolute atomic E-state index is 0.159. The van der Waals surface area contributed by atoms with Crippen LogP contribution in [0.5, 0.6) is 0 Å². The number of carbonyl (C=O) groups is 1. The first-order valence-electron chi connectivity index (χ1n) is 5.14. The van der Waals surface area contributed by atoms with E-state index in [1.807, 2.05) is 6.92 Å². The summed E-state index contributed by atoms with van der Waals surface area (Å²) in [6.07, 6.45) is 3.02. The molecule has 82 valence electrons. The number of ether oxygens (including phenoxy) is 2. The summed E-state index contributed by atoms with van der Waals surface area (Å²) in [7, 11) is 1.41. The third-order valence-electron chi connectivity index (χ3n) is 2.42. The topological polar surface area (TPSA) is 47.6 Å². The van der Waals surface area contributed by atoms with E-state index in [4.69, 9.17) is 4.74 Å². The Kier molecular flexibility index (Phi) is 4.90. The third kappa shape index (κ3) is 4.07. The molecule has 0 bridgehead atoms. The van der Waals surface area contributed by atoms with Crippen molar-refractivity contribution in [3.8, 4) is 0 Å². The van der Waals surface area contributed by atoms with Gasteiger partial charge in [0.1, 0.15) is 0 Å². The van der Waals surface area contributed by atoms with Gasteiger partial charge in [-0.3, -0.25) is 4.79 Å². The second kappa shape index (κ2) is 5.98. The molecular formula is C10H19NO3. The molecular weight excluding hydrogens is 182 g/mol. The van der Waals surface area contributed by atoms with Crippen LogP contribution >= 0.6 is 0 Å². The van der Waals surface area contributed by atoms with Crippen LogP contribution in [0, 0.1) is 0 Å². The maximum Gasteiger partial charge on any atom is 0.307 e. The molecule has 0 aromatic rings. The van der Waals surface area contributed by atoms with E-state index < -0.39 is 0 Å². The average molecular weight is 201 g/mol. The van der Waals surface area contributed by atoms with Crippen LogP contribution in [-0.4, -0.2) is 38.4 Å². The van der Waals surface area contributed by atoms with E-state index in [9.17, 15) is 4.79 Å². The fourth-order valence-corrected chi connectivity index (χ4v) is 1.54. The number of hydrogen-bond donors (Lipinski definition) is 1. The van der Waals surface area contributed by atoms with Gasteiger partial charge in [0.25, 0.3) is 0 Å². The molecule has 0 aliphatic carbocycles. The Morgan fingerprint density at radius 1 is 1.71 bits per heavy atom. The van der Waals surface area contributed by atoms with Crippen LogP contribution in [0.15, 0.2) is 0 Å². The number of esters is 1. The van der Waals surface area contributed by atoms with Crippen LogP contribution in [0.2, 0.25) is 0 Å². The Bertz CT molecular complexity index is 178. The lowest BCUT2D eigenvalue weighted by molar-refractivity contribution is -0.141. The standard InChI is InChI=1S/C10H19NO3/c1-8(6-10(12)13-2)11-7-9-4-3-5-14-9/h8-9,11H,3-7H2,1-2H3/t8-,9+/m0/s1. The SMILES string of the molecule is COC(=O)C[C@H](C)NC[C@H]1CCCO1. The van der Waals surface area contributed by atoms with Gasteiger partial charge in [-0.05, 0) is 19.8 Å². The smallest absolute Gasteiger partial charge is 0.307 e. The maximum absolute atomic E-state index is 10.9. The minimum atomic E-state index is -0.169. The highest BCUT2D eigenvalue weighted by atomic mass is 16.5. The molecule has 0 radical (unpaired) electrons. The fraction of sp³-hybridized carbons (Fsp3) is 0.900. The largest absolute Gasteiger partial charge is 0.469 e. The Labute approximate surface area is 85.0 Å². The van der Waals surface area contributed by atoms with Crippen molar-refractivity contribution in [2.24, 2.45) is 0 Å². The Morgan fingerprint density at radius 2 is 2.50 bits per heavy atom. The van der Waals surface area contributed by atoms with Crippen LogP contribution in [0.1, 0.15) is 26.2 Å². The van der Waals surface area contributed by atoms with Gasteiger partial charge in [-0.25, -0.2) is 0 Å². The van der Waals surface area contributed by atoms with Gasteiger partial charge >= 0.3 is 5.97 Å². The summed E-state index contributed by atoms with van der Waals surface area (Å²) >= 11 is 0. The molecule has 4 nitrogen and oxygen atoms in total. The van der Waals surface area contributed by atoms with Crippen LogP contribution < -0.4 is 5.32 Å². The molecule has 1 aliphatic heterocycles. The molecule has 0 aromatic heterocycles. The number of nitrogens with one attached hydrogen (secondary N) is 1. The zero-order valence-electron chi connectivity index (χ0n) is 8.91. The van der Waals surface area contributed by atoms with Gasteiger partial charge in [0.15, 0.2) is 0 Å². The quantitative estimate of drug-likeness (QED) is 0.665. The molecule has 0 saturated carbocycles. The van der Waals surface area contributed by atoms with E-state index >= 15 is 0 Å². The van der Waals surface area contributed by atoms with Gasteiger partial charge in [-0.1, -0.05) is 0 Å². The summed E-state index contributed by atoms with van der Waals surface area (Å²) in [5, 5.41) is 3.26. The predicted molar refractivity (Wildman–Crippen MR) is 53.1 cm³/mol. The highest BCUT2D eigenvalue weighted by Crippen LogP contribution is 2.10. The minimum Gasteiger partial charge on any atom is -0.469 e. The van der Waals surface area contributed by atoms with E-state index in [2.05, 4.69) is 10.1 Å². The van der Waals surface area contributed by atoms with E-state index in [0.717, 1.165) is 26.0 Å². The van der Waals surface area contributed by atoms with Crippen molar-refractivity contribution >= 4 is 5.97 Å². The summed E-state index contributed by atoms with van der Waals surface area (Å²) in [5.41, 5.74) is 0. The van der Waals surface area contributed by atoms with Crippen molar-refractivity contribution in [2.45, 2.75) is 38.3 Å². The molecule has 2 atom stereocenters. The summed E-state index contributed by atoms with van der Waals surface area (Å²) in [6.45, 7) is 3.68. The first-order chi connectivity index (χ1) is 6.72. The lowest BCUT2D eigenvalue weighted by Gasteiger charge is -2.15. The number of rotatable bonds is 5. The van der Waals surface area contributed by atoms with Crippen molar-refractivity contribution < 1.29 is 14.3 Å². The summed E-state index contributed by atoms with van der Waals surface area (Å²) in [4.78, 5) is 10.9. The van der Waals surface area contributed by atoms with Gasteiger partial charge in [-0.15, -0.1) is 0 Å². The summed E-state index contributed by atoms with van der Waals surface area (Å²) < 4.78 is 10.0. The lowest BCUT2D eigenvalue weighted by atomic mass is 10.2. The fourth-order valence-electron chi connectivity index (χ4n) is 1.54. The zero-order valence-corrected chi connectivity index (χ0v) is 8.91. The normalized spacial score (nSPS) is 23.4. The molecule has 1 N–H and O–H groups in total. The molecule has 1 rings (SSSR count).